The van der Waals surface area contributed by atoms with Gasteiger partial charge in [-0.1, -0.05) is 12.0 Å². The van der Waals surface area contributed by atoms with Crippen molar-refractivity contribution in [3.8, 4) is 11.8 Å². The minimum Gasteiger partial charge on any atom is -0.444 e. The fraction of sp³-hybridized carbons (Fsp3) is 0.474. The second kappa shape index (κ2) is 8.97. The Morgan fingerprint density at radius 1 is 1.17 bits per heavy atom. The molecule has 0 atom stereocenters. The zero-order valence-electron chi connectivity index (χ0n) is 15.1. The van der Waals surface area contributed by atoms with Gasteiger partial charge in [-0.05, 0) is 58.7 Å². The van der Waals surface area contributed by atoms with Crippen LogP contribution in [0.2, 0.25) is 0 Å². The summed E-state index contributed by atoms with van der Waals surface area (Å²) in [6.45, 7) is 10.00. The van der Waals surface area contributed by atoms with Crippen molar-refractivity contribution >= 4 is 12.0 Å². The van der Waals surface area contributed by atoms with Gasteiger partial charge in [-0.15, -0.1) is 5.92 Å². The SMILES string of the molecule is CC#Cc1ccc(C)c(C(=O)NCCCNC(=O)OC(C)(C)C)c1. The van der Waals surface area contributed by atoms with Crippen molar-refractivity contribution in [3.05, 3.63) is 34.9 Å². The van der Waals surface area contributed by atoms with Gasteiger partial charge in [0.15, 0.2) is 0 Å². The van der Waals surface area contributed by atoms with E-state index in [0.717, 1.165) is 11.1 Å². The molecule has 0 heterocycles. The second-order valence-electron chi connectivity index (χ2n) is 6.44. The number of amides is 2. The van der Waals surface area contributed by atoms with Crippen LogP contribution in [0.3, 0.4) is 0 Å². The van der Waals surface area contributed by atoms with Crippen LogP contribution >= 0.6 is 0 Å². The average molecular weight is 330 g/mol. The predicted molar refractivity (Wildman–Crippen MR) is 94.9 cm³/mol. The Balaban J connectivity index is 2.40. The van der Waals surface area contributed by atoms with Crippen LogP contribution in [0.25, 0.3) is 0 Å². The van der Waals surface area contributed by atoms with Gasteiger partial charge in [-0.2, -0.15) is 0 Å². The zero-order chi connectivity index (χ0) is 18.2. The van der Waals surface area contributed by atoms with Gasteiger partial charge in [0.25, 0.3) is 5.91 Å². The van der Waals surface area contributed by atoms with Gasteiger partial charge >= 0.3 is 6.09 Å². The number of carbonyl (C=O) groups is 2. The largest absolute Gasteiger partial charge is 0.444 e. The molecule has 0 radical (unpaired) electrons. The first-order valence-corrected chi connectivity index (χ1v) is 8.01. The molecular formula is C19H26N2O3. The summed E-state index contributed by atoms with van der Waals surface area (Å²) in [6.07, 6.45) is 0.175. The summed E-state index contributed by atoms with van der Waals surface area (Å²) in [5.41, 5.74) is 1.83. The highest BCUT2D eigenvalue weighted by molar-refractivity contribution is 5.96. The number of ether oxygens (including phenoxy) is 1. The van der Waals surface area contributed by atoms with Gasteiger partial charge in [-0.25, -0.2) is 4.79 Å². The molecule has 0 aliphatic heterocycles. The smallest absolute Gasteiger partial charge is 0.407 e. The predicted octanol–water partition coefficient (Wildman–Crippen LogP) is 3.01. The fourth-order valence-corrected chi connectivity index (χ4v) is 1.98. The Morgan fingerprint density at radius 2 is 1.83 bits per heavy atom. The molecule has 0 saturated heterocycles. The number of rotatable bonds is 5. The van der Waals surface area contributed by atoms with Crippen molar-refractivity contribution in [2.75, 3.05) is 13.1 Å². The van der Waals surface area contributed by atoms with Crippen molar-refractivity contribution in [1.82, 2.24) is 10.6 Å². The van der Waals surface area contributed by atoms with E-state index in [9.17, 15) is 9.59 Å². The molecule has 0 bridgehead atoms. The molecule has 2 N–H and O–H groups in total. The van der Waals surface area contributed by atoms with Crippen LogP contribution in [0.4, 0.5) is 4.79 Å². The molecule has 2 amide bonds. The molecule has 0 unspecified atom stereocenters. The molecule has 0 saturated carbocycles. The van der Waals surface area contributed by atoms with Gasteiger partial charge in [0.05, 0.1) is 0 Å². The summed E-state index contributed by atoms with van der Waals surface area (Å²) in [7, 11) is 0. The van der Waals surface area contributed by atoms with E-state index in [1.807, 2.05) is 39.8 Å². The molecular weight excluding hydrogens is 304 g/mol. The van der Waals surface area contributed by atoms with Crippen molar-refractivity contribution in [1.29, 1.82) is 0 Å². The van der Waals surface area contributed by atoms with Gasteiger partial charge in [0, 0.05) is 24.2 Å². The Hall–Kier alpha value is -2.48. The first-order valence-electron chi connectivity index (χ1n) is 8.01. The van der Waals surface area contributed by atoms with E-state index < -0.39 is 11.7 Å². The van der Waals surface area contributed by atoms with E-state index in [-0.39, 0.29) is 5.91 Å². The minimum atomic E-state index is -0.512. The van der Waals surface area contributed by atoms with E-state index >= 15 is 0 Å². The average Bonchev–Trinajstić information content (AvgIpc) is 2.47. The number of benzene rings is 1. The number of alkyl carbamates (subject to hydrolysis) is 1. The Labute approximate surface area is 144 Å². The van der Waals surface area contributed by atoms with E-state index in [2.05, 4.69) is 22.5 Å². The summed E-state index contributed by atoms with van der Waals surface area (Å²) < 4.78 is 5.14. The number of nitrogens with one attached hydrogen (secondary N) is 2. The van der Waals surface area contributed by atoms with Crippen molar-refractivity contribution < 1.29 is 14.3 Å². The highest BCUT2D eigenvalue weighted by Crippen LogP contribution is 2.10. The lowest BCUT2D eigenvalue weighted by Gasteiger charge is -2.19. The summed E-state index contributed by atoms with van der Waals surface area (Å²) in [6, 6.07) is 5.58. The van der Waals surface area contributed by atoms with Crippen molar-refractivity contribution in [3.63, 3.8) is 0 Å². The maximum atomic E-state index is 12.2. The Morgan fingerprint density at radius 3 is 2.46 bits per heavy atom. The summed E-state index contributed by atoms with van der Waals surface area (Å²) in [4.78, 5) is 23.7. The summed E-state index contributed by atoms with van der Waals surface area (Å²) in [5.74, 6) is 5.63. The topological polar surface area (TPSA) is 67.4 Å². The third kappa shape index (κ3) is 7.19. The van der Waals surface area contributed by atoms with Crippen LogP contribution in [-0.4, -0.2) is 30.7 Å². The van der Waals surface area contributed by atoms with Crippen molar-refractivity contribution in [2.24, 2.45) is 0 Å². The van der Waals surface area contributed by atoms with E-state index in [1.165, 1.54) is 0 Å². The lowest BCUT2D eigenvalue weighted by molar-refractivity contribution is 0.0527. The van der Waals surface area contributed by atoms with Gasteiger partial charge < -0.3 is 15.4 Å². The molecule has 5 heteroatoms. The first kappa shape index (κ1) is 19.6. The van der Waals surface area contributed by atoms with Crippen LogP contribution in [-0.2, 0) is 4.74 Å². The third-order valence-electron chi connectivity index (χ3n) is 3.06. The van der Waals surface area contributed by atoms with Crippen molar-refractivity contribution in [2.45, 2.75) is 46.6 Å². The van der Waals surface area contributed by atoms with Gasteiger partial charge in [0.1, 0.15) is 5.60 Å². The molecule has 5 nitrogen and oxygen atoms in total. The molecule has 0 aliphatic carbocycles. The van der Waals surface area contributed by atoms with Crippen LogP contribution in [0, 0.1) is 18.8 Å². The normalized spacial score (nSPS) is 10.4. The van der Waals surface area contributed by atoms with Crippen LogP contribution in [0.15, 0.2) is 18.2 Å². The maximum absolute atomic E-state index is 12.2. The number of hydrogen-bond acceptors (Lipinski definition) is 3. The van der Waals surface area contributed by atoms with E-state index in [0.29, 0.717) is 25.1 Å². The second-order valence-corrected chi connectivity index (χ2v) is 6.44. The lowest BCUT2D eigenvalue weighted by atomic mass is 10.0. The standard InChI is InChI=1S/C19H26N2O3/c1-6-8-15-10-9-14(2)16(13-15)17(22)20-11-7-12-21-18(23)24-19(3,4)5/h9-10,13H,7,11-12H2,1-5H3,(H,20,22)(H,21,23). The van der Waals surface area contributed by atoms with Gasteiger partial charge in [-0.3, -0.25) is 4.79 Å². The fourth-order valence-electron chi connectivity index (χ4n) is 1.98. The molecule has 1 aromatic rings. The Kier molecular flexibility index (Phi) is 7.31. The molecule has 0 fully saturated rings. The highest BCUT2D eigenvalue weighted by atomic mass is 16.6. The molecule has 0 aliphatic rings. The van der Waals surface area contributed by atoms with Crippen LogP contribution in [0.5, 0.6) is 0 Å². The number of hydrogen-bond donors (Lipinski definition) is 2. The maximum Gasteiger partial charge on any atom is 0.407 e. The molecule has 24 heavy (non-hydrogen) atoms. The number of aryl methyl sites for hydroxylation is 1. The first-order chi connectivity index (χ1) is 11.2. The molecule has 1 rings (SSSR count). The quantitative estimate of drug-likeness (QED) is 0.644. The Bertz CT molecular complexity index is 649. The molecule has 0 aromatic heterocycles. The summed E-state index contributed by atoms with van der Waals surface area (Å²) >= 11 is 0. The molecule has 1 aromatic carbocycles. The van der Waals surface area contributed by atoms with Crippen LogP contribution < -0.4 is 10.6 Å². The third-order valence-corrected chi connectivity index (χ3v) is 3.06. The zero-order valence-corrected chi connectivity index (χ0v) is 15.1. The lowest BCUT2D eigenvalue weighted by Crippen LogP contribution is -2.34. The van der Waals surface area contributed by atoms with Crippen LogP contribution in [0.1, 0.15) is 55.6 Å². The van der Waals surface area contributed by atoms with Gasteiger partial charge in [0.2, 0.25) is 0 Å². The molecule has 130 valence electrons. The van der Waals surface area contributed by atoms with E-state index in [1.54, 1.807) is 13.0 Å². The van der Waals surface area contributed by atoms with E-state index in [4.69, 9.17) is 4.74 Å². The highest BCUT2D eigenvalue weighted by Gasteiger charge is 2.15. The minimum absolute atomic E-state index is 0.135. The molecule has 0 spiro atoms. The monoisotopic (exact) mass is 330 g/mol. The summed E-state index contributed by atoms with van der Waals surface area (Å²) in [5, 5.41) is 5.51. The number of carbonyl (C=O) groups excluding carboxylic acids is 2.